The average Bonchev–Trinajstić information content (AvgIpc) is 3.77. The van der Waals surface area contributed by atoms with Crippen molar-refractivity contribution in [3.05, 3.63) is 103 Å². The Hall–Kier alpha value is -3.57. The molecule has 2 aliphatic heterocycles. The van der Waals surface area contributed by atoms with Gasteiger partial charge in [-0.15, -0.1) is 11.8 Å². The third-order valence-electron chi connectivity index (χ3n) is 9.55. The van der Waals surface area contributed by atoms with E-state index in [0.29, 0.717) is 27.2 Å². The van der Waals surface area contributed by atoms with Gasteiger partial charge in [-0.25, -0.2) is 0 Å². The van der Waals surface area contributed by atoms with Crippen LogP contribution < -0.4 is 19.8 Å². The van der Waals surface area contributed by atoms with Gasteiger partial charge in [0.2, 0.25) is 11.8 Å². The van der Waals surface area contributed by atoms with Crippen LogP contribution in [0.25, 0.3) is 0 Å². The van der Waals surface area contributed by atoms with E-state index >= 15 is 0 Å². The number of aromatic amines is 1. The van der Waals surface area contributed by atoms with Crippen molar-refractivity contribution in [3.63, 3.8) is 0 Å². The number of amides is 3. The zero-order chi connectivity index (χ0) is 31.0. The van der Waals surface area contributed by atoms with Crippen molar-refractivity contribution in [2.45, 2.75) is 22.6 Å². The third kappa shape index (κ3) is 4.72. The number of carbonyl (C=O) groups excluding carboxylic acids is 3. The van der Waals surface area contributed by atoms with E-state index < -0.39 is 0 Å². The van der Waals surface area contributed by atoms with Gasteiger partial charge in [0.05, 0.1) is 32.6 Å². The molecule has 12 heteroatoms. The van der Waals surface area contributed by atoms with Crippen LogP contribution in [-0.4, -0.2) is 34.6 Å². The van der Waals surface area contributed by atoms with E-state index in [1.807, 2.05) is 54.6 Å². The maximum atomic E-state index is 13.9. The Kier molecular flexibility index (Phi) is 7.09. The second kappa shape index (κ2) is 11.0. The van der Waals surface area contributed by atoms with Crippen molar-refractivity contribution in [1.29, 1.82) is 0 Å². The molecular weight excluding hydrogens is 653 g/mol. The molecule has 2 bridgehead atoms. The van der Waals surface area contributed by atoms with E-state index in [-0.39, 0.29) is 70.0 Å². The van der Waals surface area contributed by atoms with E-state index in [0.717, 1.165) is 21.9 Å². The van der Waals surface area contributed by atoms with E-state index in [4.69, 9.17) is 27.9 Å². The van der Waals surface area contributed by atoms with Gasteiger partial charge < -0.3 is 15.0 Å². The van der Waals surface area contributed by atoms with Crippen LogP contribution in [0, 0.1) is 29.6 Å². The average molecular weight is 679 g/mol. The molecule has 8 nitrogen and oxygen atoms in total. The minimum Gasteiger partial charge on any atom is -0.484 e. The number of rotatable bonds is 6. The van der Waals surface area contributed by atoms with Crippen molar-refractivity contribution in [1.82, 2.24) is 4.98 Å². The predicted molar refractivity (Wildman–Crippen MR) is 174 cm³/mol. The van der Waals surface area contributed by atoms with Gasteiger partial charge in [-0.2, -0.15) is 0 Å². The summed E-state index contributed by atoms with van der Waals surface area (Å²) in [6.45, 7) is -0.200. The van der Waals surface area contributed by atoms with Crippen molar-refractivity contribution < 1.29 is 19.1 Å². The lowest BCUT2D eigenvalue weighted by molar-refractivity contribution is -0.123. The predicted octanol–water partition coefficient (Wildman–Crippen LogP) is 6.44. The first-order valence-electron chi connectivity index (χ1n) is 14.6. The maximum Gasteiger partial charge on any atom is 0.305 e. The number of hydrogen-bond donors (Lipinski definition) is 2. The fraction of sp³-hybridized carbons (Fsp3) is 0.273. The van der Waals surface area contributed by atoms with Gasteiger partial charge in [-0.05, 0) is 72.2 Å². The zero-order valence-corrected chi connectivity index (χ0v) is 26.6. The molecule has 3 aromatic carbocycles. The zero-order valence-electron chi connectivity index (χ0n) is 23.4. The van der Waals surface area contributed by atoms with E-state index in [9.17, 15) is 19.2 Å². The number of para-hydroxylation sites is 1. The Bertz CT molecular complexity index is 1910. The van der Waals surface area contributed by atoms with Gasteiger partial charge in [-0.3, -0.25) is 24.1 Å². The number of halogens is 2. The molecule has 0 spiro atoms. The number of benzene rings is 3. The number of ether oxygens (including phenoxy) is 1. The van der Waals surface area contributed by atoms with Gasteiger partial charge in [0.15, 0.2) is 6.61 Å². The number of fused-ring (bicyclic) bond motifs is 9. The molecule has 1 aromatic heterocycles. The van der Waals surface area contributed by atoms with Crippen molar-refractivity contribution in [3.8, 4) is 5.75 Å². The molecule has 45 heavy (non-hydrogen) atoms. The van der Waals surface area contributed by atoms with Crippen LogP contribution in [0.3, 0.4) is 0 Å². The number of nitrogens with one attached hydrogen (secondary N) is 2. The van der Waals surface area contributed by atoms with E-state index in [2.05, 4.69) is 10.3 Å². The number of thiazole rings is 1. The van der Waals surface area contributed by atoms with Crippen LogP contribution >= 0.6 is 46.3 Å². The first-order valence-corrected chi connectivity index (χ1v) is 17.0. The Morgan fingerprint density at radius 3 is 2.40 bits per heavy atom. The van der Waals surface area contributed by atoms with Gasteiger partial charge in [-0.1, -0.05) is 64.9 Å². The molecule has 7 atom stereocenters. The minimum absolute atomic E-state index is 0.0269. The fourth-order valence-electron chi connectivity index (χ4n) is 7.91. The van der Waals surface area contributed by atoms with Crippen molar-refractivity contribution in [2.75, 3.05) is 16.8 Å². The van der Waals surface area contributed by atoms with E-state index in [1.54, 1.807) is 30.0 Å². The molecule has 4 aliphatic rings. The molecule has 3 heterocycles. The number of anilines is 2. The first-order chi connectivity index (χ1) is 21.8. The second-order valence-corrected chi connectivity index (χ2v) is 14.9. The Morgan fingerprint density at radius 2 is 1.67 bits per heavy atom. The Morgan fingerprint density at radius 1 is 0.933 bits per heavy atom. The van der Waals surface area contributed by atoms with Gasteiger partial charge in [0, 0.05) is 21.7 Å². The summed E-state index contributed by atoms with van der Waals surface area (Å²) < 4.78 is 5.77. The largest absolute Gasteiger partial charge is 0.484 e. The highest BCUT2D eigenvalue weighted by atomic mass is 35.5. The molecule has 3 fully saturated rings. The lowest BCUT2D eigenvalue weighted by Crippen LogP contribution is -2.42. The molecular formula is C33H25Cl2N3O5S2. The molecule has 4 aromatic rings. The topological polar surface area (TPSA) is 109 Å². The summed E-state index contributed by atoms with van der Waals surface area (Å²) in [6.07, 6.45) is 0.822. The number of nitrogens with zero attached hydrogens (tertiary/aromatic N) is 1. The Balaban J connectivity index is 1.04. The molecule has 3 amide bonds. The molecule has 2 saturated carbocycles. The van der Waals surface area contributed by atoms with Crippen LogP contribution in [0.15, 0.2) is 82.6 Å². The van der Waals surface area contributed by atoms with Gasteiger partial charge in [0.25, 0.3) is 5.91 Å². The summed E-state index contributed by atoms with van der Waals surface area (Å²) in [5.74, 6) is -0.664. The SMILES string of the molecule is O=C(COc1ccc([C@@H]2c3sc(=O)[nH]c3S[C@@H]3[C@@H]4C[C@@H]([C@@H]5C(=O)N(c6ccccc6)C(=O)[C@@H]45)[C@H]23)cc1)Nc1ccc(Cl)c(Cl)c1. The van der Waals surface area contributed by atoms with Crippen LogP contribution in [0.5, 0.6) is 5.75 Å². The Labute approximate surface area is 276 Å². The number of thioether (sulfide) groups is 1. The molecule has 0 unspecified atom stereocenters. The third-order valence-corrected chi connectivity index (χ3v) is 12.9. The highest BCUT2D eigenvalue weighted by molar-refractivity contribution is 8.00. The highest BCUT2D eigenvalue weighted by Crippen LogP contribution is 2.68. The highest BCUT2D eigenvalue weighted by Gasteiger charge is 2.69. The maximum absolute atomic E-state index is 13.9. The normalized spacial score (nSPS) is 27.7. The summed E-state index contributed by atoms with van der Waals surface area (Å²) in [5, 5.41) is 4.44. The first kappa shape index (κ1) is 28.9. The standard InChI is InChI=1S/C33H25Cl2N3O5S2/c34-21-11-8-16(12-22(21)35)36-23(39)14-43-18-9-6-15(7-10-18)24-25-19-13-20(28(25)44-30-29(24)45-33(42)37-30)27-26(19)31(40)38(32(27)41)17-4-2-1-3-5-17/h1-12,19-20,24-28H,13-14H2,(H,36,39)(H,37,42)/t19-,20-,24+,25-,26+,27+,28-/m1/s1. The molecule has 2 N–H and O–H groups in total. The summed E-state index contributed by atoms with van der Waals surface area (Å²) in [4.78, 5) is 57.9. The lowest BCUT2D eigenvalue weighted by Gasteiger charge is -2.43. The van der Waals surface area contributed by atoms with Crippen LogP contribution in [0.1, 0.15) is 22.8 Å². The second-order valence-electron chi connectivity index (χ2n) is 11.8. The van der Waals surface area contributed by atoms with Crippen LogP contribution in [0.2, 0.25) is 10.0 Å². The molecule has 1 saturated heterocycles. The summed E-state index contributed by atoms with van der Waals surface area (Å²) >= 11 is 14.9. The van der Waals surface area contributed by atoms with Crippen molar-refractivity contribution >= 4 is 75.4 Å². The molecule has 0 radical (unpaired) electrons. The summed E-state index contributed by atoms with van der Waals surface area (Å²) in [5.41, 5.74) is 2.15. The van der Waals surface area contributed by atoms with Gasteiger partial charge >= 0.3 is 4.87 Å². The number of H-pyrrole nitrogens is 1. The summed E-state index contributed by atoms with van der Waals surface area (Å²) in [6, 6.07) is 21.6. The fourth-order valence-corrected chi connectivity index (χ4v) is 11.1. The molecule has 8 rings (SSSR count). The quantitative estimate of drug-likeness (QED) is 0.228. The summed E-state index contributed by atoms with van der Waals surface area (Å²) in [7, 11) is 0. The monoisotopic (exact) mass is 677 g/mol. The number of aromatic nitrogens is 1. The molecule has 2 aliphatic carbocycles. The van der Waals surface area contributed by atoms with Crippen LogP contribution in [0.4, 0.5) is 11.4 Å². The van der Waals surface area contributed by atoms with E-state index in [1.165, 1.54) is 16.2 Å². The van der Waals surface area contributed by atoms with Crippen LogP contribution in [-0.2, 0) is 14.4 Å². The number of hydrogen-bond acceptors (Lipinski definition) is 7. The minimum atomic E-state index is -0.360. The van der Waals surface area contributed by atoms with Crippen molar-refractivity contribution in [2.24, 2.45) is 29.6 Å². The smallest absolute Gasteiger partial charge is 0.305 e. The van der Waals surface area contributed by atoms with Gasteiger partial charge in [0.1, 0.15) is 5.75 Å². The number of carbonyl (C=O) groups is 3. The lowest BCUT2D eigenvalue weighted by atomic mass is 9.68. The molecule has 228 valence electrons. The number of imide groups is 1.